The summed E-state index contributed by atoms with van der Waals surface area (Å²) in [6.07, 6.45) is 0. The first-order chi connectivity index (χ1) is 13.7. The number of para-hydroxylation sites is 2. The maximum absolute atomic E-state index is 13.5. The van der Waals surface area contributed by atoms with E-state index in [1.54, 1.807) is 32.0 Å². The Morgan fingerprint density at radius 2 is 1.83 bits per heavy atom. The summed E-state index contributed by atoms with van der Waals surface area (Å²) in [5, 5.41) is 11.1. The molecule has 0 aromatic heterocycles. The molecule has 29 heavy (non-hydrogen) atoms. The molecule has 0 saturated heterocycles. The molecule has 0 amide bonds. The standard InChI is InChI=1S/C19H22N2O7S/c1-4-27-17-9-7-6-8-16(17)20(13-19(22)28-5-2)29(25,26)18-12-15(21(23)24)11-10-14(18)3/h6-12H,4-5,13H2,1-3H3. The summed E-state index contributed by atoms with van der Waals surface area (Å²) in [5.41, 5.74) is 0.0648. The first kappa shape index (κ1) is 22.2. The summed E-state index contributed by atoms with van der Waals surface area (Å²) in [5.74, 6) is -0.503. The van der Waals surface area contributed by atoms with Crippen molar-refractivity contribution in [2.75, 3.05) is 24.1 Å². The van der Waals surface area contributed by atoms with Crippen LogP contribution in [0, 0.1) is 17.0 Å². The van der Waals surface area contributed by atoms with E-state index in [1.165, 1.54) is 25.1 Å². The van der Waals surface area contributed by atoms with E-state index in [1.807, 2.05) is 0 Å². The number of rotatable bonds is 9. The summed E-state index contributed by atoms with van der Waals surface area (Å²) < 4.78 is 38.2. The van der Waals surface area contributed by atoms with Crippen LogP contribution in [-0.4, -0.2) is 39.1 Å². The fourth-order valence-electron chi connectivity index (χ4n) is 2.66. The van der Waals surface area contributed by atoms with Gasteiger partial charge in [-0.1, -0.05) is 18.2 Å². The Labute approximate surface area is 169 Å². The Hall–Kier alpha value is -3.14. The monoisotopic (exact) mass is 422 g/mol. The van der Waals surface area contributed by atoms with Crippen LogP contribution in [0.2, 0.25) is 0 Å². The molecule has 0 heterocycles. The van der Waals surface area contributed by atoms with Crippen molar-refractivity contribution in [3.05, 3.63) is 58.1 Å². The molecule has 0 aliphatic rings. The van der Waals surface area contributed by atoms with E-state index in [-0.39, 0.29) is 35.2 Å². The van der Waals surface area contributed by atoms with Gasteiger partial charge >= 0.3 is 5.97 Å². The molecule has 0 aliphatic carbocycles. The lowest BCUT2D eigenvalue weighted by Gasteiger charge is -2.26. The summed E-state index contributed by atoms with van der Waals surface area (Å²) in [6.45, 7) is 4.62. The number of carbonyl (C=O) groups excluding carboxylic acids is 1. The van der Waals surface area contributed by atoms with Crippen molar-refractivity contribution < 1.29 is 27.6 Å². The highest BCUT2D eigenvalue weighted by atomic mass is 32.2. The molecule has 2 rings (SSSR count). The smallest absolute Gasteiger partial charge is 0.326 e. The van der Waals surface area contributed by atoms with Crippen LogP contribution in [0.5, 0.6) is 5.75 Å². The first-order valence-electron chi connectivity index (χ1n) is 8.87. The number of ether oxygens (including phenoxy) is 2. The second-order valence-electron chi connectivity index (χ2n) is 5.92. The summed E-state index contributed by atoms with van der Waals surface area (Å²) in [7, 11) is -4.35. The molecule has 2 aromatic carbocycles. The molecule has 0 saturated carbocycles. The number of carbonyl (C=O) groups is 1. The zero-order valence-corrected chi connectivity index (χ0v) is 17.1. The topological polar surface area (TPSA) is 116 Å². The number of aryl methyl sites for hydroxylation is 1. The molecule has 0 bridgehead atoms. The predicted octanol–water partition coefficient (Wildman–Crippen LogP) is 3.06. The van der Waals surface area contributed by atoms with Gasteiger partial charge in [0.05, 0.1) is 28.7 Å². The minimum absolute atomic E-state index is 0.0790. The van der Waals surface area contributed by atoms with Gasteiger partial charge in [-0.2, -0.15) is 0 Å². The van der Waals surface area contributed by atoms with Crippen molar-refractivity contribution in [2.45, 2.75) is 25.7 Å². The van der Waals surface area contributed by atoms with Gasteiger partial charge in [0.2, 0.25) is 0 Å². The quantitative estimate of drug-likeness (QED) is 0.346. The number of nitro groups is 1. The van der Waals surface area contributed by atoms with Crippen molar-refractivity contribution in [1.29, 1.82) is 0 Å². The second kappa shape index (κ2) is 9.37. The summed E-state index contributed by atoms with van der Waals surface area (Å²) in [4.78, 5) is 22.3. The van der Waals surface area contributed by atoms with Crippen molar-refractivity contribution in [3.8, 4) is 5.75 Å². The van der Waals surface area contributed by atoms with E-state index in [0.717, 1.165) is 10.4 Å². The number of hydrogen-bond donors (Lipinski definition) is 0. The van der Waals surface area contributed by atoms with Gasteiger partial charge in [-0.25, -0.2) is 8.42 Å². The number of benzene rings is 2. The maximum atomic E-state index is 13.5. The van der Waals surface area contributed by atoms with E-state index in [2.05, 4.69) is 0 Å². The molecule has 9 nitrogen and oxygen atoms in total. The van der Waals surface area contributed by atoms with Crippen LogP contribution in [0.1, 0.15) is 19.4 Å². The number of esters is 1. The molecule has 10 heteroatoms. The highest BCUT2D eigenvalue weighted by molar-refractivity contribution is 7.93. The Morgan fingerprint density at radius 1 is 1.14 bits per heavy atom. The molecule has 2 aromatic rings. The van der Waals surface area contributed by atoms with Gasteiger partial charge in [0.15, 0.2) is 0 Å². The van der Waals surface area contributed by atoms with Crippen LogP contribution in [0.15, 0.2) is 47.4 Å². The highest BCUT2D eigenvalue weighted by Crippen LogP contribution is 2.34. The highest BCUT2D eigenvalue weighted by Gasteiger charge is 2.32. The fraction of sp³-hybridized carbons (Fsp3) is 0.316. The first-order valence-corrected chi connectivity index (χ1v) is 10.3. The van der Waals surface area contributed by atoms with Crippen molar-refractivity contribution in [2.24, 2.45) is 0 Å². The van der Waals surface area contributed by atoms with E-state index >= 15 is 0 Å². The zero-order valence-electron chi connectivity index (χ0n) is 16.3. The number of sulfonamides is 1. The molecule has 0 N–H and O–H groups in total. The van der Waals surface area contributed by atoms with Gasteiger partial charge in [-0.3, -0.25) is 19.2 Å². The third-order valence-electron chi connectivity index (χ3n) is 3.96. The minimum Gasteiger partial charge on any atom is -0.492 e. The number of nitrogens with zero attached hydrogens (tertiary/aromatic N) is 2. The third kappa shape index (κ3) is 5.02. The molecular weight excluding hydrogens is 400 g/mol. The van der Waals surface area contributed by atoms with Crippen LogP contribution in [0.3, 0.4) is 0 Å². The molecular formula is C19H22N2O7S. The summed E-state index contributed by atoms with van der Waals surface area (Å²) >= 11 is 0. The Kier molecular flexibility index (Phi) is 7.16. The van der Waals surface area contributed by atoms with Crippen LogP contribution in [0.4, 0.5) is 11.4 Å². The SMILES string of the molecule is CCOC(=O)CN(c1ccccc1OCC)S(=O)(=O)c1cc([N+](=O)[O-])ccc1C. The molecule has 0 spiro atoms. The molecule has 0 radical (unpaired) electrons. The molecule has 0 atom stereocenters. The van der Waals surface area contributed by atoms with Gasteiger partial charge in [0, 0.05) is 12.1 Å². The Morgan fingerprint density at radius 3 is 2.45 bits per heavy atom. The Balaban J connectivity index is 2.67. The van der Waals surface area contributed by atoms with E-state index in [9.17, 15) is 23.3 Å². The average Bonchev–Trinajstić information content (AvgIpc) is 2.67. The van der Waals surface area contributed by atoms with Gasteiger partial charge < -0.3 is 9.47 Å². The minimum atomic E-state index is -4.35. The number of non-ortho nitro benzene ring substituents is 1. The van der Waals surface area contributed by atoms with Crippen LogP contribution < -0.4 is 9.04 Å². The van der Waals surface area contributed by atoms with E-state index in [4.69, 9.17) is 9.47 Å². The van der Waals surface area contributed by atoms with E-state index < -0.39 is 27.5 Å². The molecule has 0 aliphatic heterocycles. The van der Waals surface area contributed by atoms with Crippen LogP contribution in [-0.2, 0) is 19.6 Å². The fourth-order valence-corrected chi connectivity index (χ4v) is 4.33. The number of anilines is 1. The number of hydrogen-bond acceptors (Lipinski definition) is 7. The zero-order chi connectivity index (χ0) is 21.6. The molecule has 0 fully saturated rings. The second-order valence-corrected chi connectivity index (χ2v) is 7.76. The van der Waals surface area contributed by atoms with Crippen LogP contribution in [0.25, 0.3) is 0 Å². The lowest BCUT2D eigenvalue weighted by atomic mass is 10.2. The van der Waals surface area contributed by atoms with Gasteiger partial charge in [0.1, 0.15) is 12.3 Å². The van der Waals surface area contributed by atoms with Crippen LogP contribution >= 0.6 is 0 Å². The largest absolute Gasteiger partial charge is 0.492 e. The average molecular weight is 422 g/mol. The predicted molar refractivity (Wildman–Crippen MR) is 107 cm³/mol. The Bertz CT molecular complexity index is 1010. The van der Waals surface area contributed by atoms with Gasteiger partial charge in [-0.15, -0.1) is 0 Å². The van der Waals surface area contributed by atoms with Crippen molar-refractivity contribution in [1.82, 2.24) is 0 Å². The van der Waals surface area contributed by atoms with Gasteiger partial charge in [-0.05, 0) is 38.5 Å². The number of nitro benzene ring substituents is 1. The lowest BCUT2D eigenvalue weighted by Crippen LogP contribution is -2.37. The lowest BCUT2D eigenvalue weighted by molar-refractivity contribution is -0.385. The van der Waals surface area contributed by atoms with Crippen molar-refractivity contribution in [3.63, 3.8) is 0 Å². The molecule has 156 valence electrons. The normalized spacial score (nSPS) is 11.0. The van der Waals surface area contributed by atoms with E-state index in [0.29, 0.717) is 5.56 Å². The van der Waals surface area contributed by atoms with Gasteiger partial charge in [0.25, 0.3) is 15.7 Å². The third-order valence-corrected chi connectivity index (χ3v) is 5.86. The maximum Gasteiger partial charge on any atom is 0.326 e. The molecule has 0 unspecified atom stereocenters. The summed E-state index contributed by atoms with van der Waals surface area (Å²) in [6, 6.07) is 9.89. The van der Waals surface area contributed by atoms with Crippen molar-refractivity contribution >= 4 is 27.4 Å².